The molecule has 2 aromatic heterocycles. The van der Waals surface area contributed by atoms with Gasteiger partial charge in [-0.15, -0.1) is 15.3 Å². The van der Waals surface area contributed by atoms with Crippen LogP contribution in [0.25, 0.3) is 5.65 Å². The van der Waals surface area contributed by atoms with Crippen molar-refractivity contribution in [3.05, 3.63) is 53.3 Å². The highest BCUT2D eigenvalue weighted by atomic mass is 15.4. The monoisotopic (exact) mass is 305 g/mol. The fourth-order valence-electron chi connectivity index (χ4n) is 4.22. The summed E-state index contributed by atoms with van der Waals surface area (Å²) < 4.78 is 1.79. The molecule has 0 amide bonds. The van der Waals surface area contributed by atoms with Gasteiger partial charge in [-0.1, -0.05) is 24.3 Å². The van der Waals surface area contributed by atoms with Gasteiger partial charge in [0.15, 0.2) is 11.5 Å². The molecule has 1 spiro atoms. The van der Waals surface area contributed by atoms with Crippen molar-refractivity contribution < 1.29 is 0 Å². The van der Waals surface area contributed by atoms with Gasteiger partial charge >= 0.3 is 0 Å². The SMILES string of the molecule is Cc1nnc2ccc(NCC3CC34CCc3ccccc34)nn12. The molecule has 0 radical (unpaired) electrons. The molecule has 5 nitrogen and oxygen atoms in total. The van der Waals surface area contributed by atoms with E-state index in [1.807, 2.05) is 19.1 Å². The minimum absolute atomic E-state index is 0.431. The number of rotatable bonds is 3. The number of fused-ring (bicyclic) bond motifs is 3. The third-order valence-electron chi connectivity index (χ3n) is 5.57. The van der Waals surface area contributed by atoms with Crippen LogP contribution in [0.1, 0.15) is 29.8 Å². The van der Waals surface area contributed by atoms with Gasteiger partial charge in [0.25, 0.3) is 0 Å². The van der Waals surface area contributed by atoms with Crippen LogP contribution in [-0.4, -0.2) is 26.4 Å². The van der Waals surface area contributed by atoms with Crippen molar-refractivity contribution >= 4 is 11.5 Å². The summed E-state index contributed by atoms with van der Waals surface area (Å²) in [7, 11) is 0. The summed E-state index contributed by atoms with van der Waals surface area (Å²) in [6.07, 6.45) is 3.83. The molecule has 5 rings (SSSR count). The predicted octanol–water partition coefficient (Wildman–Crippen LogP) is 2.75. The Morgan fingerprint density at radius 3 is 3.09 bits per heavy atom. The number of benzene rings is 1. The molecule has 5 heteroatoms. The van der Waals surface area contributed by atoms with Gasteiger partial charge in [0.1, 0.15) is 5.82 Å². The van der Waals surface area contributed by atoms with Gasteiger partial charge in [-0.05, 0) is 55.4 Å². The average molecular weight is 305 g/mol. The van der Waals surface area contributed by atoms with Gasteiger partial charge in [0.05, 0.1) is 0 Å². The van der Waals surface area contributed by atoms with Gasteiger partial charge in [-0.3, -0.25) is 0 Å². The molecule has 2 aliphatic rings. The van der Waals surface area contributed by atoms with E-state index in [1.165, 1.54) is 19.3 Å². The quantitative estimate of drug-likeness (QED) is 0.808. The molecule has 1 aromatic carbocycles. The summed E-state index contributed by atoms with van der Waals surface area (Å²) in [6.45, 7) is 2.90. The summed E-state index contributed by atoms with van der Waals surface area (Å²) in [5, 5.41) is 16.2. The molecule has 1 N–H and O–H groups in total. The first kappa shape index (κ1) is 13.0. The maximum atomic E-state index is 4.57. The van der Waals surface area contributed by atoms with Gasteiger partial charge in [0, 0.05) is 12.0 Å². The second-order valence-electron chi connectivity index (χ2n) is 6.83. The third-order valence-corrected chi connectivity index (χ3v) is 5.57. The van der Waals surface area contributed by atoms with E-state index in [-0.39, 0.29) is 0 Å². The van der Waals surface area contributed by atoms with E-state index in [0.717, 1.165) is 23.8 Å². The summed E-state index contributed by atoms with van der Waals surface area (Å²) in [4.78, 5) is 0. The van der Waals surface area contributed by atoms with Crippen LogP contribution in [0.5, 0.6) is 0 Å². The lowest BCUT2D eigenvalue weighted by atomic mass is 9.95. The highest BCUT2D eigenvalue weighted by Crippen LogP contribution is 2.61. The Kier molecular flexibility index (Phi) is 2.57. The summed E-state index contributed by atoms with van der Waals surface area (Å²) in [6, 6.07) is 12.9. The summed E-state index contributed by atoms with van der Waals surface area (Å²) >= 11 is 0. The molecule has 1 saturated carbocycles. The fraction of sp³-hybridized carbons (Fsp3) is 0.389. The number of nitrogens with zero attached hydrogens (tertiary/aromatic N) is 4. The fourth-order valence-corrected chi connectivity index (χ4v) is 4.22. The van der Waals surface area contributed by atoms with Crippen LogP contribution in [0.2, 0.25) is 0 Å². The normalized spacial score (nSPS) is 25.0. The van der Waals surface area contributed by atoms with E-state index in [4.69, 9.17) is 0 Å². The van der Waals surface area contributed by atoms with Gasteiger partial charge < -0.3 is 5.32 Å². The topological polar surface area (TPSA) is 55.1 Å². The second-order valence-corrected chi connectivity index (χ2v) is 6.83. The number of hydrogen-bond acceptors (Lipinski definition) is 4. The van der Waals surface area contributed by atoms with Crippen molar-refractivity contribution in [2.45, 2.75) is 31.6 Å². The van der Waals surface area contributed by atoms with E-state index < -0.39 is 0 Å². The van der Waals surface area contributed by atoms with Crippen LogP contribution in [-0.2, 0) is 11.8 Å². The molecule has 0 aliphatic heterocycles. The molecule has 2 unspecified atom stereocenters. The lowest BCUT2D eigenvalue weighted by molar-refractivity contribution is 0.609. The standard InChI is InChI=1S/C18H19N5/c1-12-20-21-17-7-6-16(22-23(12)17)19-11-14-10-18(14)9-8-13-4-2-3-5-15(13)18/h2-7,14H,8-11H2,1H3,(H,19,22). The minimum atomic E-state index is 0.431. The summed E-state index contributed by atoms with van der Waals surface area (Å²) in [5.74, 6) is 2.43. The lowest BCUT2D eigenvalue weighted by Gasteiger charge is -2.12. The van der Waals surface area contributed by atoms with Crippen LogP contribution < -0.4 is 5.32 Å². The van der Waals surface area contributed by atoms with Gasteiger partial charge in [-0.2, -0.15) is 4.52 Å². The molecule has 2 aliphatic carbocycles. The lowest BCUT2D eigenvalue weighted by Crippen LogP contribution is -2.14. The molecule has 23 heavy (non-hydrogen) atoms. The van der Waals surface area contributed by atoms with Crippen molar-refractivity contribution in [2.24, 2.45) is 5.92 Å². The second kappa shape index (κ2) is 4.54. The van der Waals surface area contributed by atoms with Gasteiger partial charge in [-0.25, -0.2) is 0 Å². The average Bonchev–Trinajstić information content (AvgIpc) is 2.99. The number of nitrogens with one attached hydrogen (secondary N) is 1. The van der Waals surface area contributed by atoms with Crippen LogP contribution in [0, 0.1) is 12.8 Å². The van der Waals surface area contributed by atoms with Crippen LogP contribution in [0.15, 0.2) is 36.4 Å². The number of hydrogen-bond donors (Lipinski definition) is 1. The maximum Gasteiger partial charge on any atom is 0.178 e. The van der Waals surface area contributed by atoms with Crippen molar-refractivity contribution in [1.82, 2.24) is 19.8 Å². The van der Waals surface area contributed by atoms with Crippen molar-refractivity contribution in [2.75, 3.05) is 11.9 Å². The van der Waals surface area contributed by atoms with Gasteiger partial charge in [0.2, 0.25) is 0 Å². The largest absolute Gasteiger partial charge is 0.368 e. The van der Waals surface area contributed by atoms with Crippen molar-refractivity contribution in [1.29, 1.82) is 0 Å². The molecular formula is C18H19N5. The van der Waals surface area contributed by atoms with E-state index in [9.17, 15) is 0 Å². The first-order chi connectivity index (χ1) is 11.3. The Labute approximate surface area is 134 Å². The predicted molar refractivity (Wildman–Crippen MR) is 88.6 cm³/mol. The number of anilines is 1. The number of aryl methyl sites for hydroxylation is 2. The molecular weight excluding hydrogens is 286 g/mol. The molecule has 2 heterocycles. The molecule has 1 fully saturated rings. The maximum absolute atomic E-state index is 4.57. The first-order valence-corrected chi connectivity index (χ1v) is 8.28. The third kappa shape index (κ3) is 1.89. The number of aromatic nitrogens is 4. The Morgan fingerprint density at radius 2 is 2.13 bits per heavy atom. The van der Waals surface area contributed by atoms with E-state index in [1.54, 1.807) is 15.6 Å². The molecule has 0 bridgehead atoms. The van der Waals surface area contributed by atoms with Crippen LogP contribution in [0.4, 0.5) is 5.82 Å². The zero-order valence-electron chi connectivity index (χ0n) is 13.2. The Hall–Kier alpha value is -2.43. The first-order valence-electron chi connectivity index (χ1n) is 8.28. The van der Waals surface area contributed by atoms with Crippen molar-refractivity contribution in [3.8, 4) is 0 Å². The molecule has 3 aromatic rings. The Balaban J connectivity index is 1.33. The van der Waals surface area contributed by atoms with E-state index >= 15 is 0 Å². The molecule has 0 saturated heterocycles. The minimum Gasteiger partial charge on any atom is -0.368 e. The van der Waals surface area contributed by atoms with Crippen LogP contribution >= 0.6 is 0 Å². The van der Waals surface area contributed by atoms with Crippen LogP contribution in [0.3, 0.4) is 0 Å². The van der Waals surface area contributed by atoms with E-state index in [2.05, 4.69) is 44.9 Å². The van der Waals surface area contributed by atoms with E-state index in [0.29, 0.717) is 11.3 Å². The Bertz CT molecular complexity index is 899. The molecule has 116 valence electrons. The summed E-state index contributed by atoms with van der Waals surface area (Å²) in [5.41, 5.74) is 4.36. The zero-order valence-corrected chi connectivity index (χ0v) is 13.2. The molecule has 2 atom stereocenters. The highest BCUT2D eigenvalue weighted by Gasteiger charge is 2.57. The zero-order chi connectivity index (χ0) is 15.4. The Morgan fingerprint density at radius 1 is 1.22 bits per heavy atom. The smallest absolute Gasteiger partial charge is 0.178 e. The highest BCUT2D eigenvalue weighted by molar-refractivity contribution is 5.47. The van der Waals surface area contributed by atoms with Crippen molar-refractivity contribution in [3.63, 3.8) is 0 Å².